The maximum absolute atomic E-state index is 12.0. The Balaban J connectivity index is 2.13. The molecule has 6 heteroatoms. The number of halogens is 2. The molecule has 2 aromatic carbocycles. The van der Waals surface area contributed by atoms with Gasteiger partial charge in [-0.2, -0.15) is 0 Å². The first-order valence-corrected chi connectivity index (χ1v) is 7.16. The van der Waals surface area contributed by atoms with E-state index < -0.39 is 5.56 Å². The van der Waals surface area contributed by atoms with Crippen LogP contribution >= 0.6 is 23.2 Å². The number of aromatic nitrogens is 2. The van der Waals surface area contributed by atoms with Crippen molar-refractivity contribution in [3.63, 3.8) is 0 Å². The van der Waals surface area contributed by atoms with E-state index in [0.717, 1.165) is 0 Å². The predicted octanol–water partition coefficient (Wildman–Crippen LogP) is 4.29. The molecule has 0 saturated heterocycles. The van der Waals surface area contributed by atoms with Crippen LogP contribution in [0.2, 0.25) is 10.0 Å². The zero-order chi connectivity index (χ0) is 15.7. The molecule has 0 aliphatic heterocycles. The van der Waals surface area contributed by atoms with Crippen LogP contribution in [0.4, 0.5) is 0 Å². The summed E-state index contributed by atoms with van der Waals surface area (Å²) in [5.41, 5.74) is 1.28. The van der Waals surface area contributed by atoms with Crippen LogP contribution in [0.3, 0.4) is 0 Å². The average molecular weight is 333 g/mol. The van der Waals surface area contributed by atoms with Crippen molar-refractivity contribution in [2.45, 2.75) is 0 Å². The number of nitrogens with one attached hydrogen (secondary N) is 1. The Bertz CT molecular complexity index is 948. The van der Waals surface area contributed by atoms with E-state index in [1.165, 1.54) is 6.08 Å². The highest BCUT2D eigenvalue weighted by atomic mass is 35.5. The molecule has 0 spiro atoms. The fraction of sp³-hybridized carbons (Fsp3) is 0. The van der Waals surface area contributed by atoms with Gasteiger partial charge in [-0.1, -0.05) is 41.4 Å². The monoisotopic (exact) mass is 332 g/mol. The van der Waals surface area contributed by atoms with Crippen LogP contribution in [0.15, 0.2) is 47.3 Å². The minimum absolute atomic E-state index is 0.0900. The number of aliphatic hydroxyl groups excluding tert-OH is 1. The van der Waals surface area contributed by atoms with Crippen molar-refractivity contribution < 1.29 is 5.11 Å². The van der Waals surface area contributed by atoms with E-state index >= 15 is 0 Å². The molecular weight excluding hydrogens is 323 g/mol. The molecule has 1 aromatic heterocycles. The average Bonchev–Trinajstić information content (AvgIpc) is 2.50. The molecule has 0 saturated carbocycles. The van der Waals surface area contributed by atoms with E-state index in [9.17, 15) is 9.90 Å². The second-order valence-corrected chi connectivity index (χ2v) is 5.38. The molecule has 0 bridgehead atoms. The highest BCUT2D eigenvalue weighted by Gasteiger charge is 2.10. The lowest BCUT2D eigenvalue weighted by molar-refractivity contribution is 0.515. The number of rotatable bonds is 2. The van der Waals surface area contributed by atoms with Gasteiger partial charge in [0, 0.05) is 11.6 Å². The van der Waals surface area contributed by atoms with Crippen LogP contribution in [-0.2, 0) is 0 Å². The molecule has 3 aromatic rings. The summed E-state index contributed by atoms with van der Waals surface area (Å²) in [6.45, 7) is 0. The Hall–Kier alpha value is -2.30. The number of hydrogen-bond acceptors (Lipinski definition) is 3. The van der Waals surface area contributed by atoms with Gasteiger partial charge in [0.2, 0.25) is 0 Å². The Kier molecular flexibility index (Phi) is 3.88. The Morgan fingerprint density at radius 2 is 1.91 bits per heavy atom. The molecule has 110 valence electrons. The Morgan fingerprint density at radius 3 is 2.73 bits per heavy atom. The topological polar surface area (TPSA) is 66.0 Å². The van der Waals surface area contributed by atoms with E-state index in [4.69, 9.17) is 23.2 Å². The van der Waals surface area contributed by atoms with E-state index in [-0.39, 0.29) is 16.5 Å². The third kappa shape index (κ3) is 2.71. The van der Waals surface area contributed by atoms with Gasteiger partial charge in [0.15, 0.2) is 0 Å². The summed E-state index contributed by atoms with van der Waals surface area (Å²) < 4.78 is 0. The van der Waals surface area contributed by atoms with Gasteiger partial charge in [-0.25, -0.2) is 4.98 Å². The summed E-state index contributed by atoms with van der Waals surface area (Å²) >= 11 is 12.0. The highest BCUT2D eigenvalue weighted by Crippen LogP contribution is 2.29. The molecule has 0 fully saturated rings. The van der Waals surface area contributed by atoms with Crippen molar-refractivity contribution in [2.24, 2.45) is 0 Å². The van der Waals surface area contributed by atoms with Crippen molar-refractivity contribution in [1.82, 2.24) is 9.97 Å². The Morgan fingerprint density at radius 1 is 1.14 bits per heavy atom. The number of fused-ring (bicyclic) bond motifs is 1. The maximum atomic E-state index is 12.0. The number of aromatic amines is 1. The summed E-state index contributed by atoms with van der Waals surface area (Å²) in [5.74, 6) is -0.180. The molecule has 1 heterocycles. The van der Waals surface area contributed by atoms with Gasteiger partial charge in [-0.15, -0.1) is 0 Å². The standard InChI is InChI=1S/C16H10Cl2N2O2/c17-10-5-3-4-9(15(10)18)14(21)8-13-16(22)20-12-7-2-1-6-11(12)19-13/h1-8,21H,(H,20,22). The lowest BCUT2D eigenvalue weighted by atomic mass is 10.1. The van der Waals surface area contributed by atoms with E-state index in [1.54, 1.807) is 36.4 Å². The number of benzene rings is 2. The van der Waals surface area contributed by atoms with E-state index in [0.29, 0.717) is 21.6 Å². The van der Waals surface area contributed by atoms with Crippen molar-refractivity contribution >= 4 is 46.1 Å². The number of hydrogen-bond donors (Lipinski definition) is 2. The van der Waals surface area contributed by atoms with E-state index in [2.05, 4.69) is 9.97 Å². The first-order chi connectivity index (χ1) is 10.6. The van der Waals surface area contributed by atoms with Crippen molar-refractivity contribution in [3.8, 4) is 0 Å². The molecular formula is C16H10Cl2N2O2. The minimum Gasteiger partial charge on any atom is -0.507 e. The van der Waals surface area contributed by atoms with Gasteiger partial charge >= 0.3 is 0 Å². The van der Waals surface area contributed by atoms with Crippen LogP contribution in [0.25, 0.3) is 22.9 Å². The summed E-state index contributed by atoms with van der Waals surface area (Å²) in [7, 11) is 0. The fourth-order valence-corrected chi connectivity index (χ4v) is 2.45. The Labute approximate surface area is 135 Å². The molecule has 4 nitrogen and oxygen atoms in total. The molecule has 22 heavy (non-hydrogen) atoms. The molecule has 0 radical (unpaired) electrons. The lowest BCUT2D eigenvalue weighted by Gasteiger charge is -2.05. The summed E-state index contributed by atoms with van der Waals surface area (Å²) in [5, 5.41) is 10.7. The number of para-hydroxylation sites is 2. The van der Waals surface area contributed by atoms with Gasteiger partial charge in [-0.05, 0) is 24.3 Å². The summed E-state index contributed by atoms with van der Waals surface area (Å²) in [6, 6.07) is 12.0. The third-order valence-corrected chi connectivity index (χ3v) is 3.95. The number of aliphatic hydroxyl groups is 1. The van der Waals surface area contributed by atoms with Gasteiger partial charge in [-0.3, -0.25) is 4.79 Å². The fourth-order valence-electron chi connectivity index (χ4n) is 2.05. The first-order valence-electron chi connectivity index (χ1n) is 6.40. The minimum atomic E-state index is -0.400. The second kappa shape index (κ2) is 5.83. The zero-order valence-electron chi connectivity index (χ0n) is 11.2. The molecule has 2 N–H and O–H groups in total. The normalized spacial score (nSPS) is 11.8. The first kappa shape index (κ1) is 14.6. The molecule has 0 aliphatic rings. The number of H-pyrrole nitrogens is 1. The molecule has 0 atom stereocenters. The number of nitrogens with zero attached hydrogens (tertiary/aromatic N) is 1. The van der Waals surface area contributed by atoms with Gasteiger partial charge < -0.3 is 10.1 Å². The van der Waals surface area contributed by atoms with Crippen molar-refractivity contribution in [2.75, 3.05) is 0 Å². The second-order valence-electron chi connectivity index (χ2n) is 4.60. The van der Waals surface area contributed by atoms with Crippen molar-refractivity contribution in [1.29, 1.82) is 0 Å². The SMILES string of the molecule is O=c1[nH]c2ccccc2nc1C=C(O)c1cccc(Cl)c1Cl. The third-order valence-electron chi connectivity index (χ3n) is 3.13. The van der Waals surface area contributed by atoms with Crippen LogP contribution in [-0.4, -0.2) is 15.1 Å². The lowest BCUT2D eigenvalue weighted by Crippen LogP contribution is -2.12. The zero-order valence-corrected chi connectivity index (χ0v) is 12.7. The smallest absolute Gasteiger partial charge is 0.274 e. The van der Waals surface area contributed by atoms with Crippen LogP contribution in [0.5, 0.6) is 0 Å². The molecule has 0 unspecified atom stereocenters. The quantitative estimate of drug-likeness (QED) is 0.688. The van der Waals surface area contributed by atoms with Gasteiger partial charge in [0.05, 0.1) is 21.1 Å². The van der Waals surface area contributed by atoms with Crippen LogP contribution in [0.1, 0.15) is 11.3 Å². The summed E-state index contributed by atoms with van der Waals surface area (Å²) in [4.78, 5) is 19.0. The maximum Gasteiger partial charge on any atom is 0.274 e. The van der Waals surface area contributed by atoms with Crippen LogP contribution in [0, 0.1) is 0 Å². The van der Waals surface area contributed by atoms with E-state index in [1.807, 2.05) is 6.07 Å². The van der Waals surface area contributed by atoms with Gasteiger partial charge in [0.1, 0.15) is 11.5 Å². The largest absolute Gasteiger partial charge is 0.507 e. The highest BCUT2D eigenvalue weighted by molar-refractivity contribution is 6.43. The van der Waals surface area contributed by atoms with Crippen molar-refractivity contribution in [3.05, 3.63) is 74.1 Å². The predicted molar refractivity (Wildman–Crippen MR) is 89.3 cm³/mol. The molecule has 3 rings (SSSR count). The molecule has 0 aliphatic carbocycles. The summed E-state index contributed by atoms with van der Waals surface area (Å²) in [6.07, 6.45) is 1.27. The molecule has 0 amide bonds. The van der Waals surface area contributed by atoms with Crippen LogP contribution < -0.4 is 5.56 Å². The van der Waals surface area contributed by atoms with Gasteiger partial charge in [0.25, 0.3) is 5.56 Å².